The van der Waals surface area contributed by atoms with Crippen LogP contribution < -0.4 is 10.6 Å². The number of nitrogen functional groups attached to an aromatic ring is 1. The molecule has 1 aliphatic heterocycles. The Bertz CT molecular complexity index is 362. The minimum atomic E-state index is -0.277. The number of nitriles is 1. The van der Waals surface area contributed by atoms with Crippen molar-refractivity contribution in [2.75, 3.05) is 12.3 Å². The minimum Gasteiger partial charge on any atom is -0.381 e. The molecule has 0 spiro atoms. The highest BCUT2D eigenvalue weighted by Gasteiger charge is 2.18. The first-order chi connectivity index (χ1) is 6.79. The molecule has 1 aromatic rings. The first kappa shape index (κ1) is 8.84. The maximum atomic E-state index is 8.62. The number of anilines is 1. The summed E-state index contributed by atoms with van der Waals surface area (Å²) in [6, 6.07) is 1.91. The van der Waals surface area contributed by atoms with Crippen LogP contribution in [0.15, 0.2) is 6.20 Å². The zero-order valence-electron chi connectivity index (χ0n) is 7.51. The second kappa shape index (κ2) is 3.55. The molecule has 0 radical (unpaired) electrons. The molecule has 0 bridgehead atoms. The maximum Gasteiger partial charge on any atom is 0.226 e. The molecule has 1 atom stereocenters. The molecule has 2 heterocycles. The average molecular weight is 194 g/mol. The Morgan fingerprint density at radius 3 is 3.21 bits per heavy atom. The van der Waals surface area contributed by atoms with Crippen LogP contribution in [0.2, 0.25) is 0 Å². The molecule has 0 aromatic carbocycles. The van der Waals surface area contributed by atoms with Gasteiger partial charge in [-0.15, -0.1) is 9.94 Å². The van der Waals surface area contributed by atoms with E-state index in [2.05, 4.69) is 5.10 Å². The summed E-state index contributed by atoms with van der Waals surface area (Å²) in [7, 11) is 0. The molecule has 0 amide bonds. The summed E-state index contributed by atoms with van der Waals surface area (Å²) in [5, 5.41) is 12.4. The Morgan fingerprint density at radius 2 is 2.64 bits per heavy atom. The number of ether oxygens (including phenoxy) is 1. The van der Waals surface area contributed by atoms with Crippen LogP contribution in [0, 0.1) is 11.3 Å². The Kier molecular flexibility index (Phi) is 2.24. The molecular weight excluding hydrogens is 184 g/mol. The molecule has 1 saturated heterocycles. The predicted octanol–water partition coefficient (Wildman–Crippen LogP) is -0.0979. The van der Waals surface area contributed by atoms with Crippen LogP contribution in [-0.2, 0) is 4.74 Å². The molecule has 1 aromatic heterocycles. The van der Waals surface area contributed by atoms with Crippen LogP contribution in [0.4, 0.5) is 5.82 Å². The van der Waals surface area contributed by atoms with Gasteiger partial charge in [0.05, 0.1) is 12.8 Å². The highest BCUT2D eigenvalue weighted by molar-refractivity contribution is 5.46. The van der Waals surface area contributed by atoms with E-state index in [9.17, 15) is 0 Å². The van der Waals surface area contributed by atoms with Crippen LogP contribution in [0.25, 0.3) is 0 Å². The van der Waals surface area contributed by atoms with Gasteiger partial charge in [-0.2, -0.15) is 5.26 Å². The number of nitrogens with two attached hydrogens (primary N) is 1. The van der Waals surface area contributed by atoms with E-state index in [0.717, 1.165) is 12.8 Å². The highest BCUT2D eigenvalue weighted by atomic mass is 16.8. The first-order valence-electron chi connectivity index (χ1n) is 4.33. The predicted molar refractivity (Wildman–Crippen MR) is 46.9 cm³/mol. The molecule has 2 N–H and O–H groups in total. The van der Waals surface area contributed by atoms with Crippen molar-refractivity contribution in [1.82, 2.24) is 9.94 Å². The van der Waals surface area contributed by atoms with Gasteiger partial charge in [0.1, 0.15) is 11.6 Å². The van der Waals surface area contributed by atoms with E-state index in [0.29, 0.717) is 12.2 Å². The Morgan fingerprint density at radius 1 is 1.79 bits per heavy atom. The minimum absolute atomic E-state index is 0.172. The third kappa shape index (κ3) is 1.63. The van der Waals surface area contributed by atoms with Crippen LogP contribution in [0.1, 0.15) is 18.4 Å². The smallest absolute Gasteiger partial charge is 0.226 e. The molecule has 6 heteroatoms. The second-order valence-corrected chi connectivity index (χ2v) is 2.99. The maximum absolute atomic E-state index is 8.62. The summed E-state index contributed by atoms with van der Waals surface area (Å²) >= 11 is 0. The van der Waals surface area contributed by atoms with Gasteiger partial charge in [0, 0.05) is 6.42 Å². The third-order valence-electron chi connectivity index (χ3n) is 1.96. The topological polar surface area (TPSA) is 86.1 Å². The molecule has 2 rings (SSSR count). The third-order valence-corrected chi connectivity index (χ3v) is 1.96. The lowest BCUT2D eigenvalue weighted by atomic mass is 10.4. The van der Waals surface area contributed by atoms with Gasteiger partial charge in [0.25, 0.3) is 0 Å². The summed E-state index contributed by atoms with van der Waals surface area (Å²) in [5.41, 5.74) is 5.76. The zero-order chi connectivity index (χ0) is 9.97. The molecule has 0 aliphatic carbocycles. The molecule has 0 saturated carbocycles. The van der Waals surface area contributed by atoms with E-state index >= 15 is 0 Å². The van der Waals surface area contributed by atoms with Gasteiger partial charge in [-0.1, -0.05) is 0 Å². The fraction of sp³-hybridized carbons (Fsp3) is 0.500. The second-order valence-electron chi connectivity index (χ2n) is 2.99. The monoisotopic (exact) mass is 194 g/mol. The molecule has 1 fully saturated rings. The number of hydrogen-bond donors (Lipinski definition) is 1. The molecule has 6 nitrogen and oxygen atoms in total. The van der Waals surface area contributed by atoms with Crippen molar-refractivity contribution in [1.29, 1.82) is 5.26 Å². The van der Waals surface area contributed by atoms with Crippen LogP contribution in [0.3, 0.4) is 0 Å². The van der Waals surface area contributed by atoms with Crippen LogP contribution in [0.5, 0.6) is 0 Å². The lowest BCUT2D eigenvalue weighted by Crippen LogP contribution is -2.24. The van der Waals surface area contributed by atoms with Gasteiger partial charge in [0.15, 0.2) is 5.82 Å². The highest BCUT2D eigenvalue weighted by Crippen LogP contribution is 2.12. The molecule has 74 valence electrons. The number of aromatic nitrogens is 2. The van der Waals surface area contributed by atoms with E-state index < -0.39 is 0 Å². The standard InChI is InChI=1S/C8H10N4O2/c9-4-6-5-12(11-8(6)10)14-7-2-1-3-13-7/h5,7H,1-3H2,(H2,10,11). The average Bonchev–Trinajstić information content (AvgIpc) is 2.76. The normalized spacial score (nSPS) is 20.6. The van der Waals surface area contributed by atoms with E-state index in [1.807, 2.05) is 6.07 Å². The van der Waals surface area contributed by atoms with E-state index in [-0.39, 0.29) is 12.1 Å². The van der Waals surface area contributed by atoms with E-state index in [1.165, 1.54) is 11.0 Å². The summed E-state index contributed by atoms with van der Waals surface area (Å²) < 4.78 is 5.23. The first-order valence-corrected chi connectivity index (χ1v) is 4.33. The Balaban J connectivity index is 2.06. The van der Waals surface area contributed by atoms with Crippen molar-refractivity contribution in [3.05, 3.63) is 11.8 Å². The largest absolute Gasteiger partial charge is 0.381 e. The van der Waals surface area contributed by atoms with Crippen LogP contribution >= 0.6 is 0 Å². The van der Waals surface area contributed by atoms with Gasteiger partial charge in [-0.05, 0) is 6.42 Å². The van der Waals surface area contributed by atoms with E-state index in [1.54, 1.807) is 0 Å². The van der Waals surface area contributed by atoms with Gasteiger partial charge >= 0.3 is 0 Å². The molecule has 14 heavy (non-hydrogen) atoms. The summed E-state index contributed by atoms with van der Waals surface area (Å²) in [4.78, 5) is 6.48. The number of hydrogen-bond acceptors (Lipinski definition) is 5. The van der Waals surface area contributed by atoms with Crippen molar-refractivity contribution in [3.63, 3.8) is 0 Å². The van der Waals surface area contributed by atoms with Gasteiger partial charge in [-0.25, -0.2) is 0 Å². The van der Waals surface area contributed by atoms with Crippen molar-refractivity contribution in [2.24, 2.45) is 0 Å². The van der Waals surface area contributed by atoms with Crippen molar-refractivity contribution in [3.8, 4) is 6.07 Å². The van der Waals surface area contributed by atoms with Gasteiger partial charge in [-0.3, -0.25) is 0 Å². The van der Waals surface area contributed by atoms with Crippen molar-refractivity contribution >= 4 is 5.82 Å². The van der Waals surface area contributed by atoms with Gasteiger partial charge in [0.2, 0.25) is 6.29 Å². The Hall–Kier alpha value is -1.74. The van der Waals surface area contributed by atoms with Gasteiger partial charge < -0.3 is 15.3 Å². The van der Waals surface area contributed by atoms with Crippen molar-refractivity contribution < 1.29 is 9.57 Å². The lowest BCUT2D eigenvalue weighted by Gasteiger charge is -2.10. The Labute approximate surface area is 80.8 Å². The lowest BCUT2D eigenvalue weighted by molar-refractivity contribution is -0.125. The van der Waals surface area contributed by atoms with E-state index in [4.69, 9.17) is 20.6 Å². The molecule has 1 unspecified atom stereocenters. The summed E-state index contributed by atoms with van der Waals surface area (Å²) in [6.45, 7) is 0.701. The van der Waals surface area contributed by atoms with Crippen LogP contribution in [-0.4, -0.2) is 22.8 Å². The summed E-state index contributed by atoms with van der Waals surface area (Å²) in [5.74, 6) is 0.172. The fourth-order valence-corrected chi connectivity index (χ4v) is 1.26. The molecule has 1 aliphatic rings. The fourth-order valence-electron chi connectivity index (χ4n) is 1.26. The number of nitrogens with zero attached hydrogens (tertiary/aromatic N) is 3. The zero-order valence-corrected chi connectivity index (χ0v) is 7.51. The summed E-state index contributed by atoms with van der Waals surface area (Å²) in [6.07, 6.45) is 2.98. The number of rotatable bonds is 2. The SMILES string of the molecule is N#Cc1cn(OC2CCCO2)nc1N. The quantitative estimate of drug-likeness (QED) is 0.710. The molecular formula is C8H10N4O2. The van der Waals surface area contributed by atoms with Crippen molar-refractivity contribution in [2.45, 2.75) is 19.1 Å².